The number of amides is 3. The second kappa shape index (κ2) is 14.0. The van der Waals surface area contributed by atoms with E-state index in [4.69, 9.17) is 14.2 Å². The molecule has 238 valence electrons. The van der Waals surface area contributed by atoms with Gasteiger partial charge in [0, 0.05) is 44.7 Å². The van der Waals surface area contributed by atoms with Crippen molar-refractivity contribution in [2.45, 2.75) is 30.3 Å². The van der Waals surface area contributed by atoms with Crippen LogP contribution in [0, 0.1) is 0 Å². The summed E-state index contributed by atoms with van der Waals surface area (Å²) in [6, 6.07) is 18.0. The van der Waals surface area contributed by atoms with E-state index < -0.39 is 22.0 Å². The van der Waals surface area contributed by atoms with Gasteiger partial charge in [-0.1, -0.05) is 24.3 Å². The minimum atomic E-state index is -4.34. The Balaban J connectivity index is 1.33. The molecular formula is C31H34N4O9S. The quantitative estimate of drug-likeness (QED) is 0.238. The molecule has 0 aromatic heterocycles. The van der Waals surface area contributed by atoms with Gasteiger partial charge >= 0.3 is 0 Å². The number of carbonyl (C=O) groups excluding carboxylic acids is 3. The van der Waals surface area contributed by atoms with Crippen LogP contribution < -0.4 is 19.7 Å². The molecule has 0 aliphatic carbocycles. The van der Waals surface area contributed by atoms with Crippen molar-refractivity contribution in [3.05, 3.63) is 83.9 Å². The maximum atomic E-state index is 14.0. The third-order valence-corrected chi connectivity index (χ3v) is 9.64. The molecule has 1 unspecified atom stereocenters. The van der Waals surface area contributed by atoms with Gasteiger partial charge in [-0.3, -0.25) is 19.6 Å². The zero-order valence-electron chi connectivity index (χ0n) is 24.6. The van der Waals surface area contributed by atoms with E-state index in [1.807, 2.05) is 6.07 Å². The molecule has 2 N–H and O–H groups in total. The Morgan fingerprint density at radius 1 is 0.933 bits per heavy atom. The number of fused-ring (bicyclic) bond motifs is 1. The SMILES string of the molecule is COc1ccc(S(=O)(=O)N(Cc2ccc3c(c2)OCO3)C(CCC(=O)N2CCN(C(=O)c3ccccc3)CC2)C(=O)NO)cc1. The number of benzene rings is 3. The highest BCUT2D eigenvalue weighted by Crippen LogP contribution is 2.34. The standard InChI is InChI=1S/C31H34N4O9S/c1-42-24-8-10-25(11-9-24)45(40,41)35(20-22-7-13-27-28(19-22)44-21-43-27)26(30(37)32-39)12-14-29(36)33-15-17-34(18-16-33)31(38)23-5-3-2-4-6-23/h2-11,13,19,26,39H,12,14-18,20-21H2,1H3,(H,32,37). The molecule has 2 heterocycles. The molecule has 13 nitrogen and oxygen atoms in total. The maximum absolute atomic E-state index is 14.0. The number of methoxy groups -OCH3 is 1. The fourth-order valence-corrected chi connectivity index (χ4v) is 6.89. The van der Waals surface area contributed by atoms with Crippen LogP contribution in [0.4, 0.5) is 0 Å². The van der Waals surface area contributed by atoms with Gasteiger partial charge in [0.15, 0.2) is 11.5 Å². The first-order valence-electron chi connectivity index (χ1n) is 14.3. The molecule has 14 heteroatoms. The molecule has 5 rings (SSSR count). The Hall–Kier alpha value is -4.66. The molecule has 0 radical (unpaired) electrons. The number of hydrogen-bond donors (Lipinski definition) is 2. The van der Waals surface area contributed by atoms with Crippen molar-refractivity contribution in [2.24, 2.45) is 0 Å². The Bertz CT molecular complexity index is 1630. The van der Waals surface area contributed by atoms with E-state index in [1.54, 1.807) is 57.7 Å². The number of nitrogens with one attached hydrogen (secondary N) is 1. The van der Waals surface area contributed by atoms with E-state index in [2.05, 4.69) is 0 Å². The smallest absolute Gasteiger partial charge is 0.261 e. The average molecular weight is 639 g/mol. The zero-order valence-corrected chi connectivity index (χ0v) is 25.4. The topological polar surface area (TPSA) is 155 Å². The Labute approximate surface area is 260 Å². The maximum Gasteiger partial charge on any atom is 0.261 e. The highest BCUT2D eigenvalue weighted by molar-refractivity contribution is 7.89. The summed E-state index contributed by atoms with van der Waals surface area (Å²) in [6.45, 7) is 1.01. The van der Waals surface area contributed by atoms with Crippen molar-refractivity contribution >= 4 is 27.7 Å². The van der Waals surface area contributed by atoms with E-state index in [-0.39, 0.29) is 42.9 Å². The van der Waals surface area contributed by atoms with Crippen LogP contribution in [-0.4, -0.2) is 91.6 Å². The van der Waals surface area contributed by atoms with Crippen LogP contribution in [0.15, 0.2) is 77.7 Å². The first-order valence-corrected chi connectivity index (χ1v) is 15.8. The van der Waals surface area contributed by atoms with Crippen LogP contribution in [0.2, 0.25) is 0 Å². The van der Waals surface area contributed by atoms with Gasteiger partial charge in [-0.2, -0.15) is 4.31 Å². The number of hydroxylamine groups is 1. The zero-order chi connectivity index (χ0) is 32.0. The lowest BCUT2D eigenvalue weighted by molar-refractivity contribution is -0.135. The van der Waals surface area contributed by atoms with Crippen LogP contribution in [0.5, 0.6) is 17.2 Å². The Morgan fingerprint density at radius 3 is 2.27 bits per heavy atom. The van der Waals surface area contributed by atoms with Gasteiger partial charge in [-0.25, -0.2) is 13.9 Å². The molecule has 3 aromatic rings. The molecule has 3 amide bonds. The van der Waals surface area contributed by atoms with Crippen LogP contribution in [0.25, 0.3) is 0 Å². The number of nitrogens with zero attached hydrogens (tertiary/aromatic N) is 3. The predicted octanol–water partition coefficient (Wildman–Crippen LogP) is 2.25. The second-order valence-corrected chi connectivity index (χ2v) is 12.4. The normalized spacial score (nSPS) is 15.1. The van der Waals surface area contributed by atoms with Crippen molar-refractivity contribution in [1.29, 1.82) is 0 Å². The molecule has 45 heavy (non-hydrogen) atoms. The summed E-state index contributed by atoms with van der Waals surface area (Å²) in [4.78, 5) is 42.3. The van der Waals surface area contributed by atoms with Gasteiger partial charge in [0.1, 0.15) is 11.8 Å². The molecule has 1 fully saturated rings. The van der Waals surface area contributed by atoms with Gasteiger partial charge in [0.2, 0.25) is 22.7 Å². The summed E-state index contributed by atoms with van der Waals surface area (Å²) < 4.78 is 45.0. The number of rotatable bonds is 11. The third-order valence-electron chi connectivity index (χ3n) is 7.77. The first-order chi connectivity index (χ1) is 21.7. The van der Waals surface area contributed by atoms with E-state index in [9.17, 15) is 28.0 Å². The molecule has 2 aliphatic rings. The van der Waals surface area contributed by atoms with Gasteiger partial charge in [-0.05, 0) is 60.5 Å². The van der Waals surface area contributed by atoms with Crippen molar-refractivity contribution < 1.29 is 42.2 Å². The van der Waals surface area contributed by atoms with Crippen LogP contribution >= 0.6 is 0 Å². The van der Waals surface area contributed by atoms with Crippen LogP contribution in [0.1, 0.15) is 28.8 Å². The summed E-state index contributed by atoms with van der Waals surface area (Å²) in [5, 5.41) is 9.63. The lowest BCUT2D eigenvalue weighted by atomic mass is 10.1. The fourth-order valence-electron chi connectivity index (χ4n) is 5.29. The van der Waals surface area contributed by atoms with E-state index in [1.165, 1.54) is 31.4 Å². The summed E-state index contributed by atoms with van der Waals surface area (Å²) in [6.07, 6.45) is -0.394. The number of sulfonamides is 1. The highest BCUT2D eigenvalue weighted by atomic mass is 32.2. The molecule has 0 bridgehead atoms. The highest BCUT2D eigenvalue weighted by Gasteiger charge is 2.37. The predicted molar refractivity (Wildman–Crippen MR) is 160 cm³/mol. The summed E-state index contributed by atoms with van der Waals surface area (Å²) in [5.41, 5.74) is 2.64. The van der Waals surface area contributed by atoms with E-state index >= 15 is 0 Å². The minimum absolute atomic E-state index is 0.0268. The number of carbonyl (C=O) groups is 3. The lowest BCUT2D eigenvalue weighted by Crippen LogP contribution is -2.51. The van der Waals surface area contributed by atoms with E-state index in [0.29, 0.717) is 54.6 Å². The van der Waals surface area contributed by atoms with Crippen molar-refractivity contribution in [1.82, 2.24) is 19.6 Å². The average Bonchev–Trinajstić information content (AvgIpc) is 3.55. The molecule has 3 aromatic carbocycles. The van der Waals surface area contributed by atoms with Crippen molar-refractivity contribution in [2.75, 3.05) is 40.1 Å². The molecule has 0 spiro atoms. The molecule has 0 saturated carbocycles. The second-order valence-electron chi connectivity index (χ2n) is 10.5. The monoisotopic (exact) mass is 638 g/mol. The van der Waals surface area contributed by atoms with Gasteiger partial charge in [-0.15, -0.1) is 0 Å². The van der Waals surface area contributed by atoms with Crippen molar-refractivity contribution in [3.8, 4) is 17.2 Å². The number of piperazine rings is 1. The summed E-state index contributed by atoms with van der Waals surface area (Å²) in [5.74, 6) is -0.0367. The Morgan fingerprint density at radius 2 is 1.60 bits per heavy atom. The lowest BCUT2D eigenvalue weighted by Gasteiger charge is -2.35. The third kappa shape index (κ3) is 7.19. The van der Waals surface area contributed by atoms with Crippen molar-refractivity contribution in [3.63, 3.8) is 0 Å². The summed E-state index contributed by atoms with van der Waals surface area (Å²) in [7, 11) is -2.89. The minimum Gasteiger partial charge on any atom is -0.497 e. The molecule has 1 saturated heterocycles. The molecular weight excluding hydrogens is 604 g/mol. The van der Waals surface area contributed by atoms with Gasteiger partial charge < -0.3 is 24.0 Å². The van der Waals surface area contributed by atoms with E-state index in [0.717, 1.165) is 4.31 Å². The fraction of sp³-hybridized carbons (Fsp3) is 0.323. The first kappa shape index (κ1) is 31.8. The number of ether oxygens (including phenoxy) is 3. The number of hydrogen-bond acceptors (Lipinski definition) is 9. The van der Waals surface area contributed by atoms with Crippen LogP contribution in [0.3, 0.4) is 0 Å². The van der Waals surface area contributed by atoms with Crippen LogP contribution in [-0.2, 0) is 26.2 Å². The largest absolute Gasteiger partial charge is 0.497 e. The van der Waals surface area contributed by atoms with Gasteiger partial charge in [0.25, 0.3) is 11.8 Å². The Kier molecular flexibility index (Phi) is 9.86. The molecule has 2 aliphatic heterocycles. The molecule has 1 atom stereocenters. The summed E-state index contributed by atoms with van der Waals surface area (Å²) >= 11 is 0. The van der Waals surface area contributed by atoms with Gasteiger partial charge in [0.05, 0.1) is 12.0 Å².